The summed E-state index contributed by atoms with van der Waals surface area (Å²) in [6, 6.07) is 8.02. The third-order valence-electron chi connectivity index (χ3n) is 1.89. The minimum absolute atomic E-state index is 0.875. The molecule has 0 atom stereocenters. The van der Waals surface area contributed by atoms with Gasteiger partial charge in [-0.1, -0.05) is 31.7 Å². The van der Waals surface area contributed by atoms with Gasteiger partial charge in [-0.05, 0) is 30.7 Å². The topological polar surface area (TPSA) is 9.23 Å². The van der Waals surface area contributed by atoms with Gasteiger partial charge in [0, 0.05) is 6.42 Å². The molecule has 0 N–H and O–H groups in total. The molecule has 0 heterocycles. The number of allylic oxidation sites excluding steroid dienone is 3. The summed E-state index contributed by atoms with van der Waals surface area (Å²) in [5.41, 5.74) is 1.21. The fraction of sp³-hybridized carbons (Fsp3) is 0.200. The maximum absolute atomic E-state index is 5.67. The Morgan fingerprint density at radius 3 is 2.56 bits per heavy atom. The van der Waals surface area contributed by atoms with Gasteiger partial charge in [-0.3, -0.25) is 0 Å². The Morgan fingerprint density at radius 1 is 1.38 bits per heavy atom. The van der Waals surface area contributed by atoms with Crippen molar-refractivity contribution >= 4 is 0 Å². The largest absolute Gasteiger partial charge is 0.462 e. The van der Waals surface area contributed by atoms with Crippen LogP contribution in [0.15, 0.2) is 61.9 Å². The lowest BCUT2D eigenvalue weighted by atomic mass is 10.2. The highest BCUT2D eigenvalue weighted by Gasteiger charge is 1.97. The predicted molar refractivity (Wildman–Crippen MR) is 71.6 cm³/mol. The molecule has 0 spiro atoms. The monoisotopic (exact) mass is 216 g/mol. The van der Waals surface area contributed by atoms with Crippen LogP contribution in [0.3, 0.4) is 0 Å². The fourth-order valence-corrected chi connectivity index (χ4v) is 1.19. The third-order valence-corrected chi connectivity index (χ3v) is 1.89. The summed E-state index contributed by atoms with van der Waals surface area (Å²) in [4.78, 5) is 0. The first kappa shape index (κ1) is 14.2. The van der Waals surface area contributed by atoms with E-state index in [-0.39, 0.29) is 0 Å². The van der Waals surface area contributed by atoms with Gasteiger partial charge in [0.15, 0.2) is 0 Å². The maximum Gasteiger partial charge on any atom is 0.127 e. The van der Waals surface area contributed by atoms with Crippen molar-refractivity contribution in [2.24, 2.45) is 0 Å². The molecule has 1 aromatic rings. The van der Waals surface area contributed by atoms with Crippen molar-refractivity contribution in [1.29, 1.82) is 0 Å². The van der Waals surface area contributed by atoms with E-state index in [1.165, 1.54) is 5.56 Å². The fourth-order valence-electron chi connectivity index (χ4n) is 1.19. The van der Waals surface area contributed by atoms with Crippen LogP contribution in [-0.2, 0) is 0 Å². The van der Waals surface area contributed by atoms with Crippen molar-refractivity contribution < 1.29 is 4.74 Å². The van der Waals surface area contributed by atoms with Crippen molar-refractivity contribution in [2.45, 2.75) is 20.3 Å². The van der Waals surface area contributed by atoms with Crippen LogP contribution in [0.4, 0.5) is 0 Å². The molecule has 0 radical (unpaired) electrons. The number of benzene rings is 1. The molecule has 16 heavy (non-hydrogen) atoms. The molecule has 0 bridgehead atoms. The SMILES string of the molecule is C=C.C=C/C=C(\CC)Oc1cccc(C)c1. The quantitative estimate of drug-likeness (QED) is 0.404. The normalized spacial score (nSPS) is 10.0. The van der Waals surface area contributed by atoms with E-state index in [2.05, 4.69) is 39.7 Å². The zero-order valence-corrected chi connectivity index (χ0v) is 10.2. The van der Waals surface area contributed by atoms with E-state index in [1.54, 1.807) is 6.08 Å². The van der Waals surface area contributed by atoms with E-state index in [9.17, 15) is 0 Å². The summed E-state index contributed by atoms with van der Waals surface area (Å²) < 4.78 is 5.67. The van der Waals surface area contributed by atoms with E-state index in [0.717, 1.165) is 17.9 Å². The molecule has 0 aliphatic heterocycles. The first-order chi connectivity index (χ1) is 7.76. The van der Waals surface area contributed by atoms with Gasteiger partial charge in [0.1, 0.15) is 11.5 Å². The van der Waals surface area contributed by atoms with E-state index < -0.39 is 0 Å². The van der Waals surface area contributed by atoms with Gasteiger partial charge < -0.3 is 4.74 Å². The summed E-state index contributed by atoms with van der Waals surface area (Å²) in [7, 11) is 0. The smallest absolute Gasteiger partial charge is 0.127 e. The molecule has 86 valence electrons. The summed E-state index contributed by atoms with van der Waals surface area (Å²) in [5, 5.41) is 0. The summed E-state index contributed by atoms with van der Waals surface area (Å²) in [6.45, 7) is 13.8. The number of aryl methyl sites for hydroxylation is 1. The van der Waals surface area contributed by atoms with Crippen molar-refractivity contribution in [1.82, 2.24) is 0 Å². The van der Waals surface area contributed by atoms with Gasteiger partial charge in [0.2, 0.25) is 0 Å². The van der Waals surface area contributed by atoms with Crippen LogP contribution in [-0.4, -0.2) is 0 Å². The molecule has 0 amide bonds. The summed E-state index contributed by atoms with van der Waals surface area (Å²) in [5.74, 6) is 1.82. The third kappa shape index (κ3) is 5.20. The van der Waals surface area contributed by atoms with Crippen LogP contribution < -0.4 is 4.74 Å². The molecule has 0 fully saturated rings. The molecular formula is C15H20O. The standard InChI is InChI=1S/C13H16O.C2H4/c1-4-7-12(5-2)14-13-9-6-8-11(3)10-13;1-2/h4,6-10H,1,5H2,2-3H3;1-2H2/b12-7+;. The van der Waals surface area contributed by atoms with Gasteiger partial charge >= 0.3 is 0 Å². The molecule has 0 saturated heterocycles. The first-order valence-corrected chi connectivity index (χ1v) is 5.32. The average Bonchev–Trinajstić information content (AvgIpc) is 2.31. The van der Waals surface area contributed by atoms with Crippen molar-refractivity contribution in [2.75, 3.05) is 0 Å². The molecule has 1 nitrogen and oxygen atoms in total. The molecule has 0 aromatic heterocycles. The Bertz CT molecular complexity index is 350. The lowest BCUT2D eigenvalue weighted by molar-refractivity contribution is 0.409. The van der Waals surface area contributed by atoms with Gasteiger partial charge in [-0.2, -0.15) is 0 Å². The van der Waals surface area contributed by atoms with Crippen LogP contribution in [0.1, 0.15) is 18.9 Å². The Morgan fingerprint density at radius 2 is 2.06 bits per heavy atom. The molecule has 1 heteroatoms. The van der Waals surface area contributed by atoms with Crippen LogP contribution in [0.5, 0.6) is 5.75 Å². The van der Waals surface area contributed by atoms with Crippen LogP contribution in [0.2, 0.25) is 0 Å². The molecule has 0 saturated carbocycles. The van der Waals surface area contributed by atoms with E-state index in [4.69, 9.17) is 4.74 Å². The van der Waals surface area contributed by atoms with E-state index in [1.807, 2.05) is 24.3 Å². The Labute approximate surface area is 98.8 Å². The molecular weight excluding hydrogens is 196 g/mol. The van der Waals surface area contributed by atoms with Crippen LogP contribution in [0.25, 0.3) is 0 Å². The predicted octanol–water partition coefficient (Wildman–Crippen LogP) is 4.66. The Hall–Kier alpha value is -1.76. The molecule has 0 aliphatic carbocycles. The Balaban J connectivity index is 0.00000106. The van der Waals surface area contributed by atoms with Crippen LogP contribution >= 0.6 is 0 Å². The van der Waals surface area contributed by atoms with Gasteiger partial charge in [0.25, 0.3) is 0 Å². The van der Waals surface area contributed by atoms with Crippen LogP contribution in [0, 0.1) is 6.92 Å². The van der Waals surface area contributed by atoms with Gasteiger partial charge in [-0.25, -0.2) is 0 Å². The molecule has 1 aromatic carbocycles. The summed E-state index contributed by atoms with van der Waals surface area (Å²) >= 11 is 0. The number of ether oxygens (including phenoxy) is 1. The summed E-state index contributed by atoms with van der Waals surface area (Å²) in [6.07, 6.45) is 4.51. The average molecular weight is 216 g/mol. The van der Waals surface area contributed by atoms with Gasteiger partial charge in [0.05, 0.1) is 0 Å². The van der Waals surface area contributed by atoms with Gasteiger partial charge in [-0.15, -0.1) is 13.2 Å². The molecule has 0 unspecified atom stereocenters. The number of hydrogen-bond donors (Lipinski definition) is 0. The highest BCUT2D eigenvalue weighted by Crippen LogP contribution is 2.16. The number of hydrogen-bond acceptors (Lipinski definition) is 1. The zero-order valence-electron chi connectivity index (χ0n) is 10.2. The van der Waals surface area contributed by atoms with Crippen molar-refractivity contribution in [3.05, 3.63) is 67.5 Å². The number of rotatable bonds is 4. The highest BCUT2D eigenvalue weighted by molar-refractivity contribution is 5.29. The maximum atomic E-state index is 5.67. The lowest BCUT2D eigenvalue weighted by Crippen LogP contribution is -1.93. The van der Waals surface area contributed by atoms with E-state index >= 15 is 0 Å². The Kier molecular flexibility index (Phi) is 7.60. The second kappa shape index (κ2) is 8.54. The second-order valence-electron chi connectivity index (χ2n) is 3.14. The van der Waals surface area contributed by atoms with Crippen molar-refractivity contribution in [3.8, 4) is 5.75 Å². The minimum Gasteiger partial charge on any atom is -0.462 e. The second-order valence-corrected chi connectivity index (χ2v) is 3.14. The molecule has 0 aliphatic rings. The van der Waals surface area contributed by atoms with Crippen molar-refractivity contribution in [3.63, 3.8) is 0 Å². The minimum atomic E-state index is 0.875. The molecule has 1 rings (SSSR count). The zero-order chi connectivity index (χ0) is 12.4. The first-order valence-electron chi connectivity index (χ1n) is 5.32. The van der Waals surface area contributed by atoms with E-state index in [0.29, 0.717) is 0 Å². The lowest BCUT2D eigenvalue weighted by Gasteiger charge is -2.07. The highest BCUT2D eigenvalue weighted by atomic mass is 16.5.